The second kappa shape index (κ2) is 28.6. The van der Waals surface area contributed by atoms with Crippen molar-refractivity contribution >= 4 is 91.4 Å². The number of pyridine rings is 1. The van der Waals surface area contributed by atoms with E-state index in [4.69, 9.17) is 30.6 Å². The maximum Gasteiger partial charge on any atom is 0.355 e. The number of hydrogen-bond acceptors (Lipinski definition) is 16. The van der Waals surface area contributed by atoms with Crippen LogP contribution in [0.15, 0.2) is 79.0 Å². The number of amides is 7. The smallest absolute Gasteiger partial charge is 0.355 e. The predicted molar refractivity (Wildman–Crippen MR) is 374 cm³/mol. The summed E-state index contributed by atoms with van der Waals surface area (Å²) in [4.78, 5) is 102. The third kappa shape index (κ3) is 15.4. The number of anilines is 5. The van der Waals surface area contributed by atoms with Crippen LogP contribution in [-0.4, -0.2) is 151 Å². The number of nitrogens with two attached hydrogens (primary N) is 1. The first kappa shape index (κ1) is 69.2. The summed E-state index contributed by atoms with van der Waals surface area (Å²) in [7, 11) is 0. The molecule has 8 N–H and O–H groups in total. The topological polar surface area (TPSA) is 311 Å². The number of thiazole rings is 1. The van der Waals surface area contributed by atoms with Crippen molar-refractivity contribution in [3.8, 4) is 11.1 Å². The third-order valence-corrected chi connectivity index (χ3v) is 22.5. The number of aromatic carboxylic acids is 1. The lowest BCUT2D eigenvalue weighted by molar-refractivity contribution is -0.945. The molecule has 7 aliphatic rings. The third-order valence-electron chi connectivity index (χ3n) is 21.5. The fourth-order valence-corrected chi connectivity index (χ4v) is 19.3. The summed E-state index contributed by atoms with van der Waals surface area (Å²) in [6.45, 7) is 18.7. The molecule has 98 heavy (non-hydrogen) atoms. The zero-order chi connectivity index (χ0) is 69.2. The van der Waals surface area contributed by atoms with Gasteiger partial charge in [-0.1, -0.05) is 63.3 Å². The summed E-state index contributed by atoms with van der Waals surface area (Å²) in [6, 6.07) is 17.2. The summed E-state index contributed by atoms with van der Waals surface area (Å²) in [5.74, 6) is -1.87. The number of benzene rings is 2. The largest absolute Gasteiger partial charge is 0.476 e. The standard InChI is InChI=1S/C73H93N15O9S/c1-46(2)61(81-58(89)27-35-97-36-31-86-59(90)25-26-60(86)91)66(93)78-55(17-12-29-75-68(74)96)65(92)77-50-21-19-49(20-22-50)38-88(32-10-7-11-33-88)34-14-28-72-40-70(5)39-71(6,41-72)43-73(42-70,44-72)45-87-48(4)53(37-76-87)52-23-24-57(80-62(52)67(94)95)85-30-13-15-51-47(3)63(83-84-64(51)85)82-69-79-54-16-8-9-18-56(54)98-69/h8-9,16,18-26,37,46,55,61H,7,10-15,17,27-36,38-45H2,1-6H3,(H7-,74,75,77,78,79,81,82,83,89,92,93,94,95,96)/p+1/t55-,61-,70?,71?,72?,73?/m0/s1. The molecule has 13 rings (SSSR count). The van der Waals surface area contributed by atoms with Gasteiger partial charge in [0, 0.05) is 77.4 Å². The van der Waals surface area contributed by atoms with E-state index in [-0.39, 0.29) is 72.4 Å². The molecule has 25 heteroatoms. The Hall–Kier alpha value is -8.68. The first-order valence-corrected chi connectivity index (χ1v) is 35.7. The molecule has 2 unspecified atom stereocenters. The average molecular weight is 1360 g/mol. The molecule has 5 fully saturated rings. The van der Waals surface area contributed by atoms with Crippen LogP contribution in [-0.2, 0) is 48.2 Å². The maximum absolute atomic E-state index is 14.1. The first-order chi connectivity index (χ1) is 46.9. The number of fused-ring (bicyclic) bond motifs is 2. The molecule has 4 atom stereocenters. The van der Waals surface area contributed by atoms with Crippen molar-refractivity contribution < 1.29 is 47.9 Å². The molecule has 6 aromatic rings. The summed E-state index contributed by atoms with van der Waals surface area (Å²) < 4.78 is 9.78. The molecular weight excluding hydrogens is 1260 g/mol. The number of primary amides is 1. The van der Waals surface area contributed by atoms with Crippen LogP contribution in [0.4, 0.5) is 33.1 Å². The zero-order valence-electron chi connectivity index (χ0n) is 57.3. The van der Waals surface area contributed by atoms with E-state index in [2.05, 4.69) is 69.3 Å². The van der Waals surface area contributed by atoms with Crippen molar-refractivity contribution in [3.05, 3.63) is 107 Å². The molecule has 2 aromatic carbocycles. The molecule has 520 valence electrons. The highest BCUT2D eigenvalue weighted by Crippen LogP contribution is 2.75. The quantitative estimate of drug-likeness (QED) is 0.0130. The number of rotatable bonds is 29. The number of carbonyl (C=O) groups excluding carboxylic acids is 6. The van der Waals surface area contributed by atoms with Crippen LogP contribution in [0.25, 0.3) is 21.3 Å². The highest BCUT2D eigenvalue weighted by Gasteiger charge is 2.65. The number of likely N-dealkylation sites (tertiary alicyclic amines) is 1. The Morgan fingerprint density at radius 3 is 2.26 bits per heavy atom. The van der Waals surface area contributed by atoms with Crippen molar-refractivity contribution in [1.29, 1.82) is 0 Å². The minimum Gasteiger partial charge on any atom is -0.476 e. The SMILES string of the molecule is Cc1c(Nc2nc3ccccc3s2)nnc2c1CCCN2c1ccc(-c2cnn(CC34CC5(C)CC(C)(CC(CCC[N+]6(Cc7ccc(NC(=O)[C@H](CCCNC(N)=O)NC(=O)[C@@H](NC(=O)CCOCCN8C(=O)C=CC8=O)C(C)C)cc7)CCCCC6)(C5)C3)C4)c2C)c(C(=O)O)n1. The number of nitrogens with one attached hydrogen (secondary N) is 5. The number of carbonyl (C=O) groups is 7. The van der Waals surface area contributed by atoms with E-state index >= 15 is 0 Å². The average Bonchev–Trinajstić information content (AvgIpc) is 0.896. The lowest BCUT2D eigenvalue weighted by Gasteiger charge is -2.70. The maximum atomic E-state index is 14.1. The fourth-order valence-electron chi connectivity index (χ4n) is 18.4. The van der Waals surface area contributed by atoms with Gasteiger partial charge >= 0.3 is 12.0 Å². The van der Waals surface area contributed by atoms with Gasteiger partial charge in [0.15, 0.2) is 22.5 Å². The van der Waals surface area contributed by atoms with Crippen LogP contribution in [0.5, 0.6) is 0 Å². The van der Waals surface area contributed by atoms with E-state index in [1.54, 1.807) is 25.2 Å². The van der Waals surface area contributed by atoms with Crippen LogP contribution < -0.4 is 37.2 Å². The van der Waals surface area contributed by atoms with Crippen molar-refractivity contribution in [2.75, 3.05) is 68.0 Å². The molecule has 4 saturated carbocycles. The number of ether oxygens (including phenoxy) is 1. The molecule has 4 bridgehead atoms. The molecular formula is C73H94N15O9S+. The Bertz CT molecular complexity index is 3980. The van der Waals surface area contributed by atoms with Crippen LogP contribution in [0, 0.1) is 41.4 Å². The minimum absolute atomic E-state index is 0.00134. The van der Waals surface area contributed by atoms with E-state index in [0.29, 0.717) is 41.7 Å². The van der Waals surface area contributed by atoms with E-state index in [0.717, 1.165) is 118 Å². The van der Waals surface area contributed by atoms with Gasteiger partial charge in [-0.25, -0.2) is 19.6 Å². The van der Waals surface area contributed by atoms with Crippen LogP contribution in [0.2, 0.25) is 0 Å². The lowest BCUT2D eigenvalue weighted by Crippen LogP contribution is -2.61. The van der Waals surface area contributed by atoms with Gasteiger partial charge < -0.3 is 51.5 Å². The Labute approximate surface area is 576 Å². The van der Waals surface area contributed by atoms with Gasteiger partial charge in [-0.15, -0.1) is 10.2 Å². The Morgan fingerprint density at radius 2 is 1.54 bits per heavy atom. The number of nitrogens with zero attached hydrogens (tertiary/aromatic N) is 9. The molecule has 0 spiro atoms. The summed E-state index contributed by atoms with van der Waals surface area (Å²) in [6.07, 6.45) is 19.3. The highest BCUT2D eigenvalue weighted by atomic mass is 32.1. The van der Waals surface area contributed by atoms with Gasteiger partial charge in [0.05, 0.1) is 55.8 Å². The van der Waals surface area contributed by atoms with E-state index in [1.165, 1.54) is 62.7 Å². The van der Waals surface area contributed by atoms with Gasteiger partial charge in [0.1, 0.15) is 24.4 Å². The number of aromatic nitrogens is 6. The Morgan fingerprint density at radius 1 is 0.806 bits per heavy atom. The van der Waals surface area contributed by atoms with Crippen LogP contribution >= 0.6 is 11.3 Å². The highest BCUT2D eigenvalue weighted by molar-refractivity contribution is 7.22. The van der Waals surface area contributed by atoms with E-state index in [1.807, 2.05) is 66.6 Å². The van der Waals surface area contributed by atoms with E-state index < -0.39 is 53.6 Å². The van der Waals surface area contributed by atoms with Gasteiger partial charge in [-0.3, -0.25) is 33.6 Å². The lowest BCUT2D eigenvalue weighted by atomic mass is 9.35. The van der Waals surface area contributed by atoms with Crippen molar-refractivity contribution in [1.82, 2.24) is 50.8 Å². The fraction of sp³-hybridized carbons (Fsp3) is 0.534. The van der Waals surface area contributed by atoms with Crippen LogP contribution in [0.3, 0.4) is 0 Å². The summed E-state index contributed by atoms with van der Waals surface area (Å²) >= 11 is 1.56. The zero-order valence-corrected chi connectivity index (χ0v) is 58.2. The summed E-state index contributed by atoms with van der Waals surface area (Å²) in [5.41, 5.74) is 12.9. The number of hydrogen-bond donors (Lipinski definition) is 7. The molecule has 3 aliphatic heterocycles. The molecule has 24 nitrogen and oxygen atoms in total. The number of carboxylic acids is 1. The normalized spacial score (nSPS) is 22.8. The molecule has 4 aliphatic carbocycles. The Kier molecular flexibility index (Phi) is 20.2. The van der Waals surface area contributed by atoms with Gasteiger partial charge in [0.2, 0.25) is 17.7 Å². The number of para-hydroxylation sites is 1. The minimum atomic E-state index is -1.10. The number of quaternary nitrogens is 1. The Balaban J connectivity index is 0.677. The van der Waals surface area contributed by atoms with Crippen molar-refractivity contribution in [2.24, 2.45) is 33.3 Å². The van der Waals surface area contributed by atoms with Gasteiger partial charge in [0.25, 0.3) is 11.8 Å². The number of urea groups is 1. The molecule has 7 amide bonds. The second-order valence-corrected chi connectivity index (χ2v) is 31.1. The van der Waals surface area contributed by atoms with Crippen molar-refractivity contribution in [2.45, 2.75) is 169 Å². The first-order valence-electron chi connectivity index (χ1n) is 34.9. The molecule has 0 radical (unpaired) electrons. The van der Waals surface area contributed by atoms with E-state index in [9.17, 15) is 38.7 Å². The van der Waals surface area contributed by atoms with Crippen LogP contribution in [0.1, 0.15) is 157 Å². The van der Waals surface area contributed by atoms with Gasteiger partial charge in [-0.2, -0.15) is 5.10 Å². The van der Waals surface area contributed by atoms with Crippen molar-refractivity contribution in [3.63, 3.8) is 0 Å². The molecule has 1 saturated heterocycles. The number of piperidine rings is 1. The number of imide groups is 1. The molecule has 4 aromatic heterocycles. The molecule has 7 heterocycles. The number of carboxylic acid groups (broad SMARTS) is 1. The monoisotopic (exact) mass is 1360 g/mol. The van der Waals surface area contributed by atoms with Gasteiger partial charge in [-0.05, 0) is 174 Å². The summed E-state index contributed by atoms with van der Waals surface area (Å²) in [5, 5.41) is 40.6. The second-order valence-electron chi connectivity index (χ2n) is 30.0. The predicted octanol–water partition coefficient (Wildman–Crippen LogP) is 10.2.